The van der Waals surface area contributed by atoms with Crippen LogP contribution < -0.4 is 15.2 Å². The maximum Gasteiger partial charge on any atom is 0.238 e. The van der Waals surface area contributed by atoms with E-state index in [9.17, 15) is 4.79 Å². The van der Waals surface area contributed by atoms with Crippen molar-refractivity contribution < 1.29 is 14.3 Å². The lowest BCUT2D eigenvalue weighted by molar-refractivity contribution is -0.130. The summed E-state index contributed by atoms with van der Waals surface area (Å²) in [6.07, 6.45) is 5.19. The Morgan fingerprint density at radius 1 is 1.32 bits per heavy atom. The van der Waals surface area contributed by atoms with Crippen molar-refractivity contribution in [3.8, 4) is 17.4 Å². The third-order valence-electron chi connectivity index (χ3n) is 4.28. The van der Waals surface area contributed by atoms with Crippen LogP contribution >= 0.6 is 0 Å². The van der Waals surface area contributed by atoms with Gasteiger partial charge in [-0.15, -0.1) is 0 Å². The molecule has 1 saturated heterocycles. The molecule has 1 aliphatic rings. The van der Waals surface area contributed by atoms with Crippen LogP contribution in [0.2, 0.25) is 0 Å². The number of likely N-dealkylation sites (tertiary alicyclic amines) is 1. The van der Waals surface area contributed by atoms with Crippen LogP contribution in [0.1, 0.15) is 24.5 Å². The molecule has 2 N–H and O–H groups in total. The second kappa shape index (κ2) is 7.94. The summed E-state index contributed by atoms with van der Waals surface area (Å²) < 4.78 is 11.1. The first kappa shape index (κ1) is 17.2. The zero-order valence-electron chi connectivity index (χ0n) is 14.2. The molecule has 7 nitrogen and oxygen atoms in total. The first-order valence-electron chi connectivity index (χ1n) is 8.32. The van der Waals surface area contributed by atoms with Crippen molar-refractivity contribution in [2.45, 2.75) is 18.8 Å². The minimum absolute atomic E-state index is 0.0286. The average molecular weight is 342 g/mol. The number of methoxy groups -OCH3 is 1. The number of amides is 1. The molecule has 25 heavy (non-hydrogen) atoms. The van der Waals surface area contributed by atoms with Crippen LogP contribution in [0, 0.1) is 0 Å². The number of benzene rings is 1. The third-order valence-corrected chi connectivity index (χ3v) is 4.28. The van der Waals surface area contributed by atoms with Gasteiger partial charge in [0.05, 0.1) is 25.5 Å². The van der Waals surface area contributed by atoms with E-state index >= 15 is 0 Å². The van der Waals surface area contributed by atoms with E-state index in [0.29, 0.717) is 23.9 Å². The molecule has 1 atom stereocenters. The molecular formula is C18H22N4O3. The zero-order valence-corrected chi connectivity index (χ0v) is 14.2. The Morgan fingerprint density at radius 3 is 2.88 bits per heavy atom. The normalized spacial score (nSPS) is 17.2. The average Bonchev–Trinajstić information content (AvgIpc) is 2.68. The van der Waals surface area contributed by atoms with Crippen LogP contribution in [-0.4, -0.2) is 47.5 Å². The van der Waals surface area contributed by atoms with E-state index in [0.717, 1.165) is 25.1 Å². The van der Waals surface area contributed by atoms with E-state index in [-0.39, 0.29) is 18.4 Å². The highest BCUT2D eigenvalue weighted by Gasteiger charge is 2.25. The highest BCUT2D eigenvalue weighted by atomic mass is 16.5. The second-order valence-corrected chi connectivity index (χ2v) is 5.92. The molecular weight excluding hydrogens is 320 g/mol. The lowest BCUT2D eigenvalue weighted by Gasteiger charge is -2.32. The summed E-state index contributed by atoms with van der Waals surface area (Å²) in [6.45, 7) is 1.40. The van der Waals surface area contributed by atoms with Gasteiger partial charge >= 0.3 is 0 Å². The topological polar surface area (TPSA) is 90.6 Å². The number of para-hydroxylation sites is 2. The molecule has 1 aromatic carbocycles. The van der Waals surface area contributed by atoms with Crippen LogP contribution in [0.4, 0.5) is 0 Å². The summed E-state index contributed by atoms with van der Waals surface area (Å²) in [4.78, 5) is 22.5. The van der Waals surface area contributed by atoms with Gasteiger partial charge in [-0.1, -0.05) is 12.1 Å². The molecule has 0 spiro atoms. The molecule has 2 heterocycles. The molecule has 0 unspecified atom stereocenters. The number of nitrogens with zero attached hydrogens (tertiary/aromatic N) is 3. The highest BCUT2D eigenvalue weighted by Crippen LogP contribution is 2.31. The predicted octanol–water partition coefficient (Wildman–Crippen LogP) is 1.94. The summed E-state index contributed by atoms with van der Waals surface area (Å²) in [5.41, 5.74) is 6.29. The smallest absolute Gasteiger partial charge is 0.238 e. The van der Waals surface area contributed by atoms with Crippen LogP contribution in [0.3, 0.4) is 0 Å². The number of carbonyl (C=O) groups excluding carboxylic acids is 1. The Morgan fingerprint density at radius 2 is 2.12 bits per heavy atom. The number of hydrogen-bond donors (Lipinski definition) is 1. The Balaban J connectivity index is 1.76. The van der Waals surface area contributed by atoms with E-state index in [1.165, 1.54) is 0 Å². The molecule has 0 bridgehead atoms. The van der Waals surface area contributed by atoms with Crippen molar-refractivity contribution in [2.75, 3.05) is 26.7 Å². The molecule has 7 heteroatoms. The minimum Gasteiger partial charge on any atom is -0.493 e. The van der Waals surface area contributed by atoms with Crippen LogP contribution in [0.5, 0.6) is 17.4 Å². The third kappa shape index (κ3) is 4.06. The molecule has 0 aliphatic carbocycles. The monoisotopic (exact) mass is 342 g/mol. The maximum absolute atomic E-state index is 11.8. The predicted molar refractivity (Wildman–Crippen MR) is 92.7 cm³/mol. The first-order chi connectivity index (χ1) is 12.2. The van der Waals surface area contributed by atoms with Gasteiger partial charge in [0.2, 0.25) is 11.8 Å². The number of piperidine rings is 1. The highest BCUT2D eigenvalue weighted by molar-refractivity contribution is 5.78. The lowest BCUT2D eigenvalue weighted by atomic mass is 9.95. The van der Waals surface area contributed by atoms with Gasteiger partial charge in [0.1, 0.15) is 0 Å². The van der Waals surface area contributed by atoms with Gasteiger partial charge in [-0.05, 0) is 25.0 Å². The van der Waals surface area contributed by atoms with Crippen molar-refractivity contribution in [1.82, 2.24) is 14.9 Å². The molecule has 2 aromatic rings. The van der Waals surface area contributed by atoms with Gasteiger partial charge in [-0.25, -0.2) is 4.98 Å². The Labute approximate surface area is 146 Å². The van der Waals surface area contributed by atoms with Crippen molar-refractivity contribution in [3.05, 3.63) is 42.4 Å². The standard InChI is InChI=1S/C18H22N4O3/c1-24-15-6-2-3-7-16(15)25-17-11-20-10-14(21-17)13-5-4-8-22(12-13)18(23)9-19/h2-3,6-7,10-11,13H,4-5,8-9,12,19H2,1H3/t13-/m0/s1. The summed E-state index contributed by atoms with van der Waals surface area (Å²) in [5, 5.41) is 0. The summed E-state index contributed by atoms with van der Waals surface area (Å²) in [5.74, 6) is 1.73. The van der Waals surface area contributed by atoms with E-state index in [1.807, 2.05) is 24.3 Å². The van der Waals surface area contributed by atoms with E-state index < -0.39 is 0 Å². The minimum atomic E-state index is -0.0286. The fraction of sp³-hybridized carbons (Fsp3) is 0.389. The molecule has 1 aromatic heterocycles. The molecule has 1 aliphatic heterocycles. The van der Waals surface area contributed by atoms with Gasteiger partial charge < -0.3 is 20.1 Å². The van der Waals surface area contributed by atoms with Crippen LogP contribution in [0.25, 0.3) is 0 Å². The van der Waals surface area contributed by atoms with Crippen molar-refractivity contribution in [3.63, 3.8) is 0 Å². The number of carbonyl (C=O) groups is 1. The van der Waals surface area contributed by atoms with Gasteiger partial charge in [0, 0.05) is 25.2 Å². The van der Waals surface area contributed by atoms with Crippen molar-refractivity contribution in [2.24, 2.45) is 5.73 Å². The number of ether oxygens (including phenoxy) is 2. The van der Waals surface area contributed by atoms with E-state index in [4.69, 9.17) is 15.2 Å². The fourth-order valence-electron chi connectivity index (χ4n) is 3.00. The molecule has 1 amide bonds. The van der Waals surface area contributed by atoms with E-state index in [2.05, 4.69) is 9.97 Å². The molecule has 1 fully saturated rings. The Hall–Kier alpha value is -2.67. The Kier molecular flexibility index (Phi) is 5.45. The SMILES string of the molecule is COc1ccccc1Oc1cncc([C@H]2CCCN(C(=O)CN)C2)n1. The molecule has 0 saturated carbocycles. The first-order valence-corrected chi connectivity index (χ1v) is 8.32. The number of rotatable bonds is 5. The van der Waals surface area contributed by atoms with Crippen molar-refractivity contribution in [1.29, 1.82) is 0 Å². The number of aromatic nitrogens is 2. The van der Waals surface area contributed by atoms with Gasteiger partial charge in [0.15, 0.2) is 11.5 Å². The number of hydrogen-bond acceptors (Lipinski definition) is 6. The summed E-state index contributed by atoms with van der Waals surface area (Å²) in [7, 11) is 1.59. The quantitative estimate of drug-likeness (QED) is 0.893. The maximum atomic E-state index is 11.8. The summed E-state index contributed by atoms with van der Waals surface area (Å²) in [6, 6.07) is 7.38. The largest absolute Gasteiger partial charge is 0.493 e. The van der Waals surface area contributed by atoms with Gasteiger partial charge in [0.25, 0.3) is 0 Å². The van der Waals surface area contributed by atoms with E-state index in [1.54, 1.807) is 24.4 Å². The molecule has 132 valence electrons. The van der Waals surface area contributed by atoms with Gasteiger partial charge in [-0.3, -0.25) is 9.78 Å². The number of nitrogens with two attached hydrogens (primary N) is 1. The molecule has 0 radical (unpaired) electrons. The molecule has 3 rings (SSSR count). The van der Waals surface area contributed by atoms with Crippen LogP contribution in [-0.2, 0) is 4.79 Å². The van der Waals surface area contributed by atoms with Crippen molar-refractivity contribution >= 4 is 5.91 Å². The fourth-order valence-corrected chi connectivity index (χ4v) is 3.00. The van der Waals surface area contributed by atoms with Gasteiger partial charge in [-0.2, -0.15) is 0 Å². The van der Waals surface area contributed by atoms with Crippen LogP contribution in [0.15, 0.2) is 36.7 Å². The lowest BCUT2D eigenvalue weighted by Crippen LogP contribution is -2.42. The second-order valence-electron chi connectivity index (χ2n) is 5.92. The Bertz CT molecular complexity index is 738. The zero-order chi connectivity index (χ0) is 17.6. The summed E-state index contributed by atoms with van der Waals surface area (Å²) >= 11 is 0.